The van der Waals surface area contributed by atoms with Gasteiger partial charge in [0, 0.05) is 63.0 Å². The van der Waals surface area contributed by atoms with Gasteiger partial charge in [0.25, 0.3) is 0 Å². The zero-order valence-corrected chi connectivity index (χ0v) is 22.6. The van der Waals surface area contributed by atoms with Crippen molar-refractivity contribution in [2.24, 2.45) is 0 Å². The quantitative estimate of drug-likeness (QED) is 0.192. The van der Waals surface area contributed by atoms with Gasteiger partial charge in [0.2, 0.25) is 0 Å². The van der Waals surface area contributed by atoms with Crippen LogP contribution in [-0.4, -0.2) is 30.1 Å². The number of thiophene rings is 1. The smallest absolute Gasteiger partial charge is 0.181 e. The summed E-state index contributed by atoms with van der Waals surface area (Å²) in [6, 6.07) is 22.8. The molecule has 0 atom stereocenters. The predicted octanol–water partition coefficient (Wildman–Crippen LogP) is 7.77. The molecule has 8 heteroatoms. The van der Waals surface area contributed by atoms with Crippen molar-refractivity contribution in [1.29, 1.82) is 0 Å². The van der Waals surface area contributed by atoms with Crippen LogP contribution in [-0.2, 0) is 6.42 Å². The first-order chi connectivity index (χ1) is 19.6. The number of nitrogens with one attached hydrogen (secondary N) is 3. The summed E-state index contributed by atoms with van der Waals surface area (Å²) in [6.07, 6.45) is 8.07. The molecular formula is C32H25N7S. The van der Waals surface area contributed by atoms with E-state index in [1.54, 1.807) is 17.5 Å². The molecule has 6 aromatic heterocycles. The van der Waals surface area contributed by atoms with E-state index in [9.17, 15) is 0 Å². The van der Waals surface area contributed by atoms with Crippen molar-refractivity contribution in [3.63, 3.8) is 0 Å². The van der Waals surface area contributed by atoms with E-state index in [-0.39, 0.29) is 0 Å². The average Bonchev–Trinajstić information content (AvgIpc) is 3.71. The second kappa shape index (κ2) is 9.91. The number of aromatic nitrogens is 6. The third kappa shape index (κ3) is 4.54. The Morgan fingerprint density at radius 3 is 2.65 bits per heavy atom. The Morgan fingerprint density at radius 2 is 1.80 bits per heavy atom. The molecule has 0 saturated carbocycles. The van der Waals surface area contributed by atoms with Crippen molar-refractivity contribution in [2.75, 3.05) is 5.32 Å². The Bertz CT molecular complexity index is 2000. The zero-order valence-electron chi connectivity index (χ0n) is 21.8. The molecule has 6 heterocycles. The molecule has 7 rings (SSSR count). The van der Waals surface area contributed by atoms with Gasteiger partial charge < -0.3 is 10.3 Å². The summed E-state index contributed by atoms with van der Waals surface area (Å²) in [6.45, 7) is 6.31. The highest BCUT2D eigenvalue weighted by molar-refractivity contribution is 7.15. The van der Waals surface area contributed by atoms with Crippen LogP contribution in [0.3, 0.4) is 0 Å². The van der Waals surface area contributed by atoms with Gasteiger partial charge >= 0.3 is 0 Å². The van der Waals surface area contributed by atoms with Gasteiger partial charge in [-0.2, -0.15) is 5.10 Å². The van der Waals surface area contributed by atoms with E-state index in [1.165, 1.54) is 10.4 Å². The summed E-state index contributed by atoms with van der Waals surface area (Å²) in [7, 11) is 0. The summed E-state index contributed by atoms with van der Waals surface area (Å²) in [5, 5.41) is 13.1. The van der Waals surface area contributed by atoms with Crippen molar-refractivity contribution in [3.05, 3.63) is 114 Å². The molecule has 7 aromatic rings. The summed E-state index contributed by atoms with van der Waals surface area (Å²) in [4.78, 5) is 19.8. The van der Waals surface area contributed by atoms with Crippen LogP contribution in [0.15, 0.2) is 104 Å². The van der Waals surface area contributed by atoms with Crippen molar-refractivity contribution in [3.8, 4) is 33.1 Å². The maximum atomic E-state index is 4.69. The number of H-pyrrole nitrogens is 2. The van der Waals surface area contributed by atoms with E-state index in [2.05, 4.69) is 91.4 Å². The van der Waals surface area contributed by atoms with Gasteiger partial charge in [-0.3, -0.25) is 15.1 Å². The largest absolute Gasteiger partial charge is 0.358 e. The van der Waals surface area contributed by atoms with E-state index in [0.717, 1.165) is 67.2 Å². The fourth-order valence-electron chi connectivity index (χ4n) is 4.97. The molecule has 0 saturated heterocycles. The lowest BCUT2D eigenvalue weighted by Gasteiger charge is -2.11. The van der Waals surface area contributed by atoms with Gasteiger partial charge in [0.05, 0.1) is 33.8 Å². The molecule has 194 valence electrons. The molecule has 0 unspecified atom stereocenters. The highest BCUT2D eigenvalue weighted by Gasteiger charge is 2.16. The Kier molecular flexibility index (Phi) is 5.94. The number of aryl methyl sites for hydroxylation is 1. The van der Waals surface area contributed by atoms with Crippen molar-refractivity contribution in [2.45, 2.75) is 13.3 Å². The van der Waals surface area contributed by atoms with E-state index in [0.29, 0.717) is 5.65 Å². The lowest BCUT2D eigenvalue weighted by atomic mass is 10.1. The first-order valence-corrected chi connectivity index (χ1v) is 13.8. The highest BCUT2D eigenvalue weighted by atomic mass is 32.1. The molecule has 0 fully saturated rings. The number of benzene rings is 1. The van der Waals surface area contributed by atoms with Gasteiger partial charge in [0.15, 0.2) is 5.65 Å². The van der Waals surface area contributed by atoms with Gasteiger partial charge in [-0.15, -0.1) is 11.3 Å². The Hall–Kier alpha value is -5.08. The Balaban J connectivity index is 1.21. The molecule has 7 nitrogen and oxygen atoms in total. The monoisotopic (exact) mass is 539 g/mol. The van der Waals surface area contributed by atoms with Gasteiger partial charge in [-0.05, 0) is 48.9 Å². The number of nitrogens with zero attached hydrogens (tertiary/aromatic N) is 4. The lowest BCUT2D eigenvalue weighted by molar-refractivity contribution is 1.10. The van der Waals surface area contributed by atoms with Crippen LogP contribution in [0.25, 0.3) is 55.0 Å². The normalized spacial score (nSPS) is 11.3. The topological polar surface area (TPSA) is 95.2 Å². The van der Waals surface area contributed by atoms with Crippen LogP contribution in [0.2, 0.25) is 0 Å². The number of allylic oxidation sites excluding steroid dienone is 1. The number of rotatable bonds is 7. The number of hydrogen-bond donors (Lipinski definition) is 3. The SMILES string of the molecule is C=C(Cc1ccccc1)Nc1cncc(-c2cnc3n[nH]c(-c4cc5c(-c6ccc(C)s6)nccc5[nH]4)c3c2)c1. The van der Waals surface area contributed by atoms with Crippen molar-refractivity contribution >= 4 is 39.0 Å². The highest BCUT2D eigenvalue weighted by Crippen LogP contribution is 2.36. The third-order valence-corrected chi connectivity index (χ3v) is 7.86. The van der Waals surface area contributed by atoms with Crippen LogP contribution in [0.4, 0.5) is 5.69 Å². The molecule has 0 radical (unpaired) electrons. The molecule has 0 aliphatic rings. The number of fused-ring (bicyclic) bond motifs is 2. The second-order valence-corrected chi connectivity index (χ2v) is 11.0. The summed E-state index contributed by atoms with van der Waals surface area (Å²) >= 11 is 1.75. The molecule has 0 bridgehead atoms. The van der Waals surface area contributed by atoms with Crippen LogP contribution >= 0.6 is 11.3 Å². The van der Waals surface area contributed by atoms with Gasteiger partial charge in [-0.25, -0.2) is 4.98 Å². The Morgan fingerprint density at radius 1 is 0.925 bits per heavy atom. The van der Waals surface area contributed by atoms with Crippen LogP contribution < -0.4 is 5.32 Å². The zero-order chi connectivity index (χ0) is 27.1. The van der Waals surface area contributed by atoms with Crippen molar-refractivity contribution < 1.29 is 0 Å². The summed E-state index contributed by atoms with van der Waals surface area (Å²) in [5.74, 6) is 0. The lowest BCUT2D eigenvalue weighted by Crippen LogP contribution is -2.02. The number of aromatic amines is 2. The van der Waals surface area contributed by atoms with E-state index < -0.39 is 0 Å². The fraction of sp³-hybridized carbons (Fsp3) is 0.0625. The summed E-state index contributed by atoms with van der Waals surface area (Å²) < 4.78 is 0. The molecular weight excluding hydrogens is 514 g/mol. The third-order valence-electron chi connectivity index (χ3n) is 6.85. The maximum Gasteiger partial charge on any atom is 0.181 e. The van der Waals surface area contributed by atoms with Gasteiger partial charge in [0.1, 0.15) is 0 Å². The number of pyridine rings is 3. The number of anilines is 1. The average molecular weight is 540 g/mol. The minimum Gasteiger partial charge on any atom is -0.358 e. The first-order valence-electron chi connectivity index (χ1n) is 12.9. The molecule has 40 heavy (non-hydrogen) atoms. The molecule has 0 aliphatic heterocycles. The standard InChI is InChI=1S/C32H25N7S/c1-19(12-21-6-4-3-5-7-21)36-24-13-22(16-33-18-24)23-14-26-30(38-39-32(26)35-17-23)28-15-25-27(37-28)10-11-34-31(25)29-9-8-20(2)40-29/h3-11,13-18,36-37H,1,12H2,2H3,(H,35,38,39). The second-order valence-electron chi connectivity index (χ2n) is 9.76. The minimum absolute atomic E-state index is 0.656. The van der Waals surface area contributed by atoms with Crippen LogP contribution in [0.1, 0.15) is 10.4 Å². The Labute approximate surface area is 234 Å². The van der Waals surface area contributed by atoms with E-state index in [4.69, 9.17) is 0 Å². The minimum atomic E-state index is 0.656. The molecule has 1 aromatic carbocycles. The van der Waals surface area contributed by atoms with Crippen LogP contribution in [0, 0.1) is 6.92 Å². The summed E-state index contributed by atoms with van der Waals surface area (Å²) in [5.41, 5.74) is 9.37. The predicted molar refractivity (Wildman–Crippen MR) is 163 cm³/mol. The molecule has 0 aliphatic carbocycles. The van der Waals surface area contributed by atoms with Crippen molar-refractivity contribution in [1.82, 2.24) is 30.1 Å². The maximum absolute atomic E-state index is 4.69. The molecule has 0 spiro atoms. The fourth-order valence-corrected chi connectivity index (χ4v) is 5.84. The van der Waals surface area contributed by atoms with Gasteiger partial charge in [-0.1, -0.05) is 36.9 Å². The first kappa shape index (κ1) is 24.0. The van der Waals surface area contributed by atoms with Crippen LogP contribution in [0.5, 0.6) is 0 Å². The van der Waals surface area contributed by atoms with E-state index in [1.807, 2.05) is 42.9 Å². The molecule has 3 N–H and O–H groups in total. The number of hydrogen-bond acceptors (Lipinski definition) is 6. The van der Waals surface area contributed by atoms with E-state index >= 15 is 0 Å². The molecule has 0 amide bonds.